The van der Waals surface area contributed by atoms with Crippen LogP contribution in [0.25, 0.3) is 0 Å². The second kappa shape index (κ2) is 9.54. The minimum atomic E-state index is -0.519. The average molecular weight is 425 g/mol. The van der Waals surface area contributed by atoms with E-state index in [-0.39, 0.29) is 24.3 Å². The van der Waals surface area contributed by atoms with Gasteiger partial charge in [0.25, 0.3) is 5.91 Å². The van der Waals surface area contributed by atoms with Gasteiger partial charge in [-0.1, -0.05) is 28.1 Å². The van der Waals surface area contributed by atoms with Gasteiger partial charge in [-0.2, -0.15) is 0 Å². The van der Waals surface area contributed by atoms with Crippen molar-refractivity contribution in [1.82, 2.24) is 10.2 Å². The fourth-order valence-electron chi connectivity index (χ4n) is 2.44. The van der Waals surface area contributed by atoms with Crippen molar-refractivity contribution in [3.8, 4) is 11.5 Å². The van der Waals surface area contributed by atoms with E-state index in [0.29, 0.717) is 11.0 Å². The largest absolute Gasteiger partial charge is 0.497 e. The molecule has 140 valence electrons. The quantitative estimate of drug-likeness (QED) is 0.705. The molecule has 26 heavy (non-hydrogen) atoms. The first-order valence-electron chi connectivity index (χ1n) is 8.05. The number of halogens is 2. The van der Waals surface area contributed by atoms with Crippen LogP contribution in [0.3, 0.4) is 0 Å². The molecule has 0 saturated heterocycles. The smallest absolute Gasteiger partial charge is 0.258 e. The van der Waals surface area contributed by atoms with Gasteiger partial charge in [0.15, 0.2) is 18.2 Å². The zero-order chi connectivity index (χ0) is 19.1. The van der Waals surface area contributed by atoms with Crippen LogP contribution in [0.4, 0.5) is 4.39 Å². The summed E-state index contributed by atoms with van der Waals surface area (Å²) in [4.78, 5) is 14.1. The van der Waals surface area contributed by atoms with Crippen LogP contribution < -0.4 is 14.8 Å². The lowest BCUT2D eigenvalue weighted by molar-refractivity contribution is -0.123. The SMILES string of the molecule is COc1cccc(C(CNC(=O)COc2ccc(Br)cc2F)N(C)C)c1. The molecule has 1 unspecified atom stereocenters. The predicted octanol–water partition coefficient (Wildman–Crippen LogP) is 3.39. The van der Waals surface area contributed by atoms with E-state index in [1.807, 2.05) is 43.3 Å². The Morgan fingerprint density at radius 2 is 2.04 bits per heavy atom. The summed E-state index contributed by atoms with van der Waals surface area (Å²) >= 11 is 3.17. The number of carbonyl (C=O) groups excluding carboxylic acids is 1. The third kappa shape index (κ3) is 5.71. The number of ether oxygens (including phenoxy) is 2. The Hall–Kier alpha value is -2.12. The summed E-state index contributed by atoms with van der Waals surface area (Å²) in [6.45, 7) is 0.141. The number of hydrogen-bond acceptors (Lipinski definition) is 4. The lowest BCUT2D eigenvalue weighted by Gasteiger charge is -2.25. The molecular formula is C19H22BrFN2O3. The van der Waals surface area contributed by atoms with Gasteiger partial charge in [-0.15, -0.1) is 0 Å². The molecule has 0 saturated carbocycles. The molecule has 1 amide bonds. The van der Waals surface area contributed by atoms with Crippen LogP contribution >= 0.6 is 15.9 Å². The molecule has 0 aliphatic heterocycles. The van der Waals surface area contributed by atoms with Crippen LogP contribution in [0.5, 0.6) is 11.5 Å². The fourth-order valence-corrected chi connectivity index (χ4v) is 2.78. The van der Waals surface area contributed by atoms with Crippen LogP contribution in [-0.4, -0.2) is 45.2 Å². The number of amides is 1. The fraction of sp³-hybridized carbons (Fsp3) is 0.316. The summed E-state index contributed by atoms with van der Waals surface area (Å²) in [6.07, 6.45) is 0. The van der Waals surface area contributed by atoms with Crippen molar-refractivity contribution < 1.29 is 18.7 Å². The van der Waals surface area contributed by atoms with Crippen LogP contribution in [-0.2, 0) is 4.79 Å². The molecule has 0 aliphatic carbocycles. The lowest BCUT2D eigenvalue weighted by atomic mass is 10.1. The van der Waals surface area contributed by atoms with Crippen LogP contribution in [0.1, 0.15) is 11.6 Å². The van der Waals surface area contributed by atoms with Gasteiger partial charge in [-0.05, 0) is 50.0 Å². The maximum Gasteiger partial charge on any atom is 0.258 e. The molecular weight excluding hydrogens is 403 g/mol. The Balaban J connectivity index is 1.92. The van der Waals surface area contributed by atoms with E-state index in [0.717, 1.165) is 11.3 Å². The summed E-state index contributed by atoms with van der Waals surface area (Å²) < 4.78 is 24.8. The van der Waals surface area contributed by atoms with Gasteiger partial charge in [0.2, 0.25) is 0 Å². The van der Waals surface area contributed by atoms with Gasteiger partial charge in [-0.3, -0.25) is 4.79 Å². The van der Waals surface area contributed by atoms with Gasteiger partial charge < -0.3 is 19.7 Å². The number of likely N-dealkylation sites (N-methyl/N-ethyl adjacent to an activating group) is 1. The van der Waals surface area contributed by atoms with E-state index in [9.17, 15) is 9.18 Å². The summed E-state index contributed by atoms with van der Waals surface area (Å²) in [5.41, 5.74) is 1.02. The van der Waals surface area contributed by atoms with Crippen LogP contribution in [0, 0.1) is 5.82 Å². The van der Waals surface area contributed by atoms with Gasteiger partial charge in [0.1, 0.15) is 5.75 Å². The molecule has 7 heteroatoms. The highest BCUT2D eigenvalue weighted by molar-refractivity contribution is 9.10. The molecule has 2 aromatic rings. The predicted molar refractivity (Wildman–Crippen MR) is 102 cm³/mol. The van der Waals surface area contributed by atoms with Crippen molar-refractivity contribution in [3.63, 3.8) is 0 Å². The maximum absolute atomic E-state index is 13.7. The lowest BCUT2D eigenvalue weighted by Crippen LogP contribution is -2.36. The Morgan fingerprint density at radius 3 is 2.69 bits per heavy atom. The number of carbonyl (C=O) groups is 1. The standard InChI is InChI=1S/C19H22BrFN2O3/c1-23(2)17(13-5-4-6-15(9-13)25-3)11-22-19(24)12-26-18-8-7-14(20)10-16(18)21/h4-10,17H,11-12H2,1-3H3,(H,22,24). The average Bonchev–Trinajstić information content (AvgIpc) is 2.61. The van der Waals surface area contributed by atoms with Crippen molar-refractivity contribution in [2.24, 2.45) is 0 Å². The first kappa shape index (κ1) is 20.2. The molecule has 5 nitrogen and oxygen atoms in total. The number of nitrogens with one attached hydrogen (secondary N) is 1. The number of hydrogen-bond donors (Lipinski definition) is 1. The summed E-state index contributed by atoms with van der Waals surface area (Å²) in [7, 11) is 5.48. The van der Waals surface area contributed by atoms with Crippen molar-refractivity contribution in [2.75, 3.05) is 34.4 Å². The van der Waals surface area contributed by atoms with Crippen molar-refractivity contribution in [3.05, 3.63) is 58.3 Å². The topological polar surface area (TPSA) is 50.8 Å². The zero-order valence-corrected chi connectivity index (χ0v) is 16.5. The third-order valence-electron chi connectivity index (χ3n) is 3.85. The van der Waals surface area contributed by atoms with E-state index >= 15 is 0 Å². The zero-order valence-electron chi connectivity index (χ0n) is 15.0. The van der Waals surface area contributed by atoms with E-state index in [1.54, 1.807) is 13.2 Å². The van der Waals surface area contributed by atoms with E-state index < -0.39 is 5.82 Å². The molecule has 0 fully saturated rings. The van der Waals surface area contributed by atoms with Crippen molar-refractivity contribution >= 4 is 21.8 Å². The normalized spacial score (nSPS) is 11.9. The minimum absolute atomic E-state index is 0.0292. The van der Waals surface area contributed by atoms with Gasteiger partial charge in [-0.25, -0.2) is 4.39 Å². The molecule has 1 N–H and O–H groups in total. The van der Waals surface area contributed by atoms with E-state index in [1.165, 1.54) is 12.1 Å². The number of rotatable bonds is 8. The number of methoxy groups -OCH3 is 1. The number of nitrogens with zero attached hydrogens (tertiary/aromatic N) is 1. The van der Waals surface area contributed by atoms with Gasteiger partial charge in [0, 0.05) is 11.0 Å². The number of benzene rings is 2. The van der Waals surface area contributed by atoms with Crippen molar-refractivity contribution in [2.45, 2.75) is 6.04 Å². The first-order chi connectivity index (χ1) is 12.4. The summed E-state index contributed by atoms with van der Waals surface area (Å²) in [5.74, 6) is -0.0354. The second-order valence-corrected chi connectivity index (χ2v) is 6.84. The van der Waals surface area contributed by atoms with Crippen LogP contribution in [0.15, 0.2) is 46.9 Å². The molecule has 2 aromatic carbocycles. The highest BCUT2D eigenvalue weighted by atomic mass is 79.9. The van der Waals surface area contributed by atoms with Gasteiger partial charge >= 0.3 is 0 Å². The monoisotopic (exact) mass is 424 g/mol. The maximum atomic E-state index is 13.7. The Morgan fingerprint density at radius 1 is 1.27 bits per heavy atom. The Labute approximate surface area is 161 Å². The molecule has 0 heterocycles. The van der Waals surface area contributed by atoms with Crippen LogP contribution in [0.2, 0.25) is 0 Å². The summed E-state index contributed by atoms with van der Waals surface area (Å²) in [5, 5.41) is 2.82. The van der Waals surface area contributed by atoms with Gasteiger partial charge in [0.05, 0.1) is 13.2 Å². The Bertz CT molecular complexity index is 755. The molecule has 0 aromatic heterocycles. The van der Waals surface area contributed by atoms with E-state index in [2.05, 4.69) is 21.2 Å². The molecule has 2 rings (SSSR count). The summed E-state index contributed by atoms with van der Waals surface area (Å²) in [6, 6.07) is 12.1. The molecule has 0 radical (unpaired) electrons. The highest BCUT2D eigenvalue weighted by Crippen LogP contribution is 2.23. The van der Waals surface area contributed by atoms with E-state index in [4.69, 9.17) is 9.47 Å². The second-order valence-electron chi connectivity index (χ2n) is 5.92. The minimum Gasteiger partial charge on any atom is -0.497 e. The molecule has 0 aliphatic rings. The first-order valence-corrected chi connectivity index (χ1v) is 8.85. The Kier molecular flexibility index (Phi) is 7.41. The highest BCUT2D eigenvalue weighted by Gasteiger charge is 2.16. The third-order valence-corrected chi connectivity index (χ3v) is 4.34. The molecule has 0 bridgehead atoms. The molecule has 1 atom stereocenters. The molecule has 0 spiro atoms. The van der Waals surface area contributed by atoms with Crippen molar-refractivity contribution in [1.29, 1.82) is 0 Å².